The number of rotatable bonds is 8. The minimum atomic E-state index is -3.61. The van der Waals surface area contributed by atoms with Crippen molar-refractivity contribution in [2.75, 3.05) is 18.5 Å². The van der Waals surface area contributed by atoms with Crippen molar-refractivity contribution in [1.82, 2.24) is 4.72 Å². The second-order valence-electron chi connectivity index (χ2n) is 5.78. The van der Waals surface area contributed by atoms with Crippen LogP contribution in [0.2, 0.25) is 0 Å². The van der Waals surface area contributed by atoms with Crippen molar-refractivity contribution < 1.29 is 27.5 Å². The van der Waals surface area contributed by atoms with Crippen molar-refractivity contribution in [3.8, 4) is 0 Å². The van der Waals surface area contributed by atoms with Gasteiger partial charge in [-0.3, -0.25) is 9.59 Å². The zero-order valence-electron chi connectivity index (χ0n) is 15.4. The van der Waals surface area contributed by atoms with E-state index >= 15 is 0 Å². The summed E-state index contributed by atoms with van der Waals surface area (Å²) in [6.45, 7) is 2.84. The monoisotopic (exact) mass is 404 g/mol. The number of carbonyl (C=O) groups excluding carboxylic acids is 3. The Kier molecular flexibility index (Phi) is 7.02. The summed E-state index contributed by atoms with van der Waals surface area (Å²) in [4.78, 5) is 35.1. The fraction of sp³-hybridized carbons (Fsp3) is 0.211. The van der Waals surface area contributed by atoms with Gasteiger partial charge in [0.15, 0.2) is 12.4 Å². The van der Waals surface area contributed by atoms with Crippen LogP contribution in [-0.4, -0.2) is 39.2 Å². The van der Waals surface area contributed by atoms with E-state index in [-0.39, 0.29) is 22.8 Å². The third-order valence-electron chi connectivity index (χ3n) is 3.64. The van der Waals surface area contributed by atoms with E-state index in [1.54, 1.807) is 31.2 Å². The fourth-order valence-corrected chi connectivity index (χ4v) is 3.28. The number of esters is 1. The molecule has 2 aromatic rings. The van der Waals surface area contributed by atoms with Gasteiger partial charge in [-0.2, -0.15) is 0 Å². The van der Waals surface area contributed by atoms with Crippen LogP contribution in [0.25, 0.3) is 0 Å². The second-order valence-corrected chi connectivity index (χ2v) is 7.55. The molecule has 0 spiro atoms. The number of anilines is 1. The van der Waals surface area contributed by atoms with Crippen molar-refractivity contribution in [2.24, 2.45) is 0 Å². The standard InChI is InChI=1S/C19H20N2O6S/c1-3-20-28(25,26)17-10-6-15(7-11-17)19(24)27-12-18(23)21-16-8-4-14(5-9-16)13(2)22/h4-11,20H,3,12H2,1-2H3,(H,21,23). The lowest BCUT2D eigenvalue weighted by Crippen LogP contribution is -2.23. The summed E-state index contributed by atoms with van der Waals surface area (Å²) in [5, 5.41) is 2.54. The molecular weight excluding hydrogens is 384 g/mol. The summed E-state index contributed by atoms with van der Waals surface area (Å²) < 4.78 is 31.0. The Bertz CT molecular complexity index is 966. The van der Waals surface area contributed by atoms with Crippen molar-refractivity contribution in [3.05, 3.63) is 59.7 Å². The minimum absolute atomic E-state index is 0.0256. The lowest BCUT2D eigenvalue weighted by Gasteiger charge is -2.08. The summed E-state index contributed by atoms with van der Waals surface area (Å²) in [6.07, 6.45) is 0. The molecule has 0 heterocycles. The number of Topliss-reactive ketones (excluding diaryl/α,β-unsaturated/α-hetero) is 1. The summed E-state index contributed by atoms with van der Waals surface area (Å²) >= 11 is 0. The summed E-state index contributed by atoms with van der Waals surface area (Å²) in [5.41, 5.74) is 1.10. The Morgan fingerprint density at radius 2 is 1.50 bits per heavy atom. The van der Waals surface area contributed by atoms with E-state index in [2.05, 4.69) is 10.0 Å². The molecule has 0 unspecified atom stereocenters. The normalized spacial score (nSPS) is 10.9. The molecule has 2 N–H and O–H groups in total. The number of nitrogens with one attached hydrogen (secondary N) is 2. The molecule has 0 aliphatic rings. The van der Waals surface area contributed by atoms with Crippen LogP contribution in [0.15, 0.2) is 53.4 Å². The molecule has 0 radical (unpaired) electrons. The number of hydrogen-bond donors (Lipinski definition) is 2. The lowest BCUT2D eigenvalue weighted by atomic mass is 10.1. The number of hydrogen-bond acceptors (Lipinski definition) is 6. The quantitative estimate of drug-likeness (QED) is 0.513. The number of benzene rings is 2. The van der Waals surface area contributed by atoms with Crippen LogP contribution in [0.3, 0.4) is 0 Å². The van der Waals surface area contributed by atoms with E-state index in [1.807, 2.05) is 0 Å². The zero-order valence-corrected chi connectivity index (χ0v) is 16.2. The van der Waals surface area contributed by atoms with Crippen LogP contribution in [0, 0.1) is 0 Å². The van der Waals surface area contributed by atoms with Gasteiger partial charge >= 0.3 is 5.97 Å². The smallest absolute Gasteiger partial charge is 0.338 e. The predicted octanol–water partition coefficient (Wildman–Crippen LogP) is 1.98. The van der Waals surface area contributed by atoms with Gasteiger partial charge in [0, 0.05) is 17.8 Å². The van der Waals surface area contributed by atoms with Crippen LogP contribution < -0.4 is 10.0 Å². The van der Waals surface area contributed by atoms with Crippen LogP contribution in [0.4, 0.5) is 5.69 Å². The highest BCUT2D eigenvalue weighted by Crippen LogP contribution is 2.12. The van der Waals surface area contributed by atoms with E-state index in [9.17, 15) is 22.8 Å². The highest BCUT2D eigenvalue weighted by Gasteiger charge is 2.15. The largest absolute Gasteiger partial charge is 0.452 e. The van der Waals surface area contributed by atoms with Gasteiger partial charge < -0.3 is 10.1 Å². The van der Waals surface area contributed by atoms with Gasteiger partial charge in [0.25, 0.3) is 5.91 Å². The van der Waals surface area contributed by atoms with E-state index < -0.39 is 28.5 Å². The Morgan fingerprint density at radius 3 is 2.04 bits per heavy atom. The molecule has 0 saturated heterocycles. The maximum Gasteiger partial charge on any atom is 0.338 e. The molecule has 2 rings (SSSR count). The SMILES string of the molecule is CCNS(=O)(=O)c1ccc(C(=O)OCC(=O)Nc2ccc(C(C)=O)cc2)cc1. The maximum atomic E-state index is 12.0. The van der Waals surface area contributed by atoms with Crippen molar-refractivity contribution in [3.63, 3.8) is 0 Å². The molecule has 1 amide bonds. The fourth-order valence-electron chi connectivity index (χ4n) is 2.24. The molecule has 0 bridgehead atoms. The Balaban J connectivity index is 1.90. The van der Waals surface area contributed by atoms with E-state index in [1.165, 1.54) is 31.2 Å². The van der Waals surface area contributed by atoms with Gasteiger partial charge in [-0.05, 0) is 55.5 Å². The molecule has 148 valence electrons. The van der Waals surface area contributed by atoms with E-state index in [0.717, 1.165) is 0 Å². The Labute approximate surface area is 163 Å². The first-order valence-electron chi connectivity index (χ1n) is 8.40. The number of sulfonamides is 1. The van der Waals surface area contributed by atoms with Crippen LogP contribution in [0.1, 0.15) is 34.6 Å². The molecule has 0 aliphatic carbocycles. The van der Waals surface area contributed by atoms with Gasteiger partial charge in [0.2, 0.25) is 10.0 Å². The van der Waals surface area contributed by atoms with Crippen molar-refractivity contribution in [1.29, 1.82) is 0 Å². The average Bonchev–Trinajstić information content (AvgIpc) is 2.66. The third kappa shape index (κ3) is 5.73. The lowest BCUT2D eigenvalue weighted by molar-refractivity contribution is -0.119. The zero-order chi connectivity index (χ0) is 20.7. The third-order valence-corrected chi connectivity index (χ3v) is 5.21. The molecule has 8 nitrogen and oxygen atoms in total. The first-order valence-corrected chi connectivity index (χ1v) is 9.89. The van der Waals surface area contributed by atoms with Crippen LogP contribution in [0.5, 0.6) is 0 Å². The van der Waals surface area contributed by atoms with Gasteiger partial charge in [-0.15, -0.1) is 0 Å². The molecule has 0 aliphatic heterocycles. The Hall–Kier alpha value is -3.04. The molecule has 0 aromatic heterocycles. The first-order chi connectivity index (χ1) is 13.2. The van der Waals surface area contributed by atoms with Gasteiger partial charge in [0.05, 0.1) is 10.5 Å². The minimum Gasteiger partial charge on any atom is -0.452 e. The maximum absolute atomic E-state index is 12.0. The molecule has 28 heavy (non-hydrogen) atoms. The number of amides is 1. The van der Waals surface area contributed by atoms with Crippen molar-refractivity contribution in [2.45, 2.75) is 18.7 Å². The molecule has 9 heteroatoms. The van der Waals surface area contributed by atoms with Gasteiger partial charge in [-0.1, -0.05) is 6.92 Å². The Morgan fingerprint density at radius 1 is 0.929 bits per heavy atom. The topological polar surface area (TPSA) is 119 Å². The van der Waals surface area contributed by atoms with Gasteiger partial charge in [0.1, 0.15) is 0 Å². The highest BCUT2D eigenvalue weighted by molar-refractivity contribution is 7.89. The number of ketones is 1. The van der Waals surface area contributed by atoms with Gasteiger partial charge in [-0.25, -0.2) is 17.9 Å². The highest BCUT2D eigenvalue weighted by atomic mass is 32.2. The molecule has 2 aromatic carbocycles. The average molecular weight is 404 g/mol. The van der Waals surface area contributed by atoms with Crippen LogP contribution >= 0.6 is 0 Å². The molecule has 0 atom stereocenters. The summed E-state index contributed by atoms with van der Waals surface area (Å²) in [5.74, 6) is -1.39. The van der Waals surface area contributed by atoms with Crippen molar-refractivity contribution >= 4 is 33.4 Å². The predicted molar refractivity (Wildman–Crippen MR) is 103 cm³/mol. The van der Waals surface area contributed by atoms with E-state index in [4.69, 9.17) is 4.74 Å². The number of carbonyl (C=O) groups is 3. The molecule has 0 fully saturated rings. The van der Waals surface area contributed by atoms with Crippen LogP contribution in [-0.2, 0) is 19.6 Å². The second kappa shape index (κ2) is 9.25. The molecular formula is C19H20N2O6S. The summed E-state index contributed by atoms with van der Waals surface area (Å²) in [6, 6.07) is 11.5. The first kappa shape index (κ1) is 21.3. The number of ether oxygens (including phenoxy) is 1. The summed E-state index contributed by atoms with van der Waals surface area (Å²) in [7, 11) is -3.61. The van der Waals surface area contributed by atoms with E-state index in [0.29, 0.717) is 11.3 Å². The molecule has 0 saturated carbocycles.